The number of fused-ring (bicyclic) bond motifs is 1. The van der Waals surface area contributed by atoms with Crippen LogP contribution in [0.2, 0.25) is 0 Å². The maximum atomic E-state index is 11.5. The topological polar surface area (TPSA) is 53.4 Å². The molecule has 1 atom stereocenters. The van der Waals surface area contributed by atoms with Gasteiger partial charge in [0.15, 0.2) is 0 Å². The maximum absolute atomic E-state index is 11.5. The molecule has 102 valence electrons. The van der Waals surface area contributed by atoms with Crippen LogP contribution in [-0.2, 0) is 12.8 Å². The second-order valence-electron chi connectivity index (χ2n) is 5.81. The Morgan fingerprint density at radius 2 is 2.21 bits per heavy atom. The number of anilines is 1. The number of pyridine rings is 1. The number of nitrogens with zero attached hydrogens (tertiary/aromatic N) is 2. The molecule has 0 radical (unpaired) electrons. The van der Waals surface area contributed by atoms with Gasteiger partial charge in [-0.25, -0.2) is 9.78 Å². The molecule has 1 N–H and O–H groups in total. The summed E-state index contributed by atoms with van der Waals surface area (Å²) in [5.41, 5.74) is 2.57. The van der Waals surface area contributed by atoms with Gasteiger partial charge in [-0.15, -0.1) is 0 Å². The fraction of sp³-hybridized carbons (Fsp3) is 0.600. The molecule has 0 bridgehead atoms. The van der Waals surface area contributed by atoms with Crippen molar-refractivity contribution < 1.29 is 9.90 Å². The Morgan fingerprint density at radius 3 is 2.84 bits per heavy atom. The van der Waals surface area contributed by atoms with Crippen LogP contribution in [0.4, 0.5) is 5.82 Å². The Bertz CT molecular complexity index is 523. The second kappa shape index (κ2) is 4.51. The summed E-state index contributed by atoms with van der Waals surface area (Å²) in [6.07, 6.45) is 5.53. The Kier molecular flexibility index (Phi) is 2.96. The summed E-state index contributed by atoms with van der Waals surface area (Å²) in [5, 5.41) is 9.42. The third kappa shape index (κ3) is 2.20. The number of hydrogen-bond acceptors (Lipinski definition) is 3. The third-order valence-corrected chi connectivity index (χ3v) is 4.51. The minimum Gasteiger partial charge on any atom is -0.478 e. The lowest BCUT2D eigenvalue weighted by molar-refractivity contribution is 0.0697. The lowest BCUT2D eigenvalue weighted by atomic mass is 10.1. The van der Waals surface area contributed by atoms with Gasteiger partial charge in [0.1, 0.15) is 11.4 Å². The molecular weight excluding hydrogens is 240 g/mol. The molecule has 1 aromatic rings. The average molecular weight is 260 g/mol. The predicted molar refractivity (Wildman–Crippen MR) is 73.8 cm³/mol. The highest BCUT2D eigenvalue weighted by Crippen LogP contribution is 2.37. The molecule has 1 saturated carbocycles. The molecule has 3 rings (SSSR count). The zero-order valence-electron chi connectivity index (χ0n) is 11.5. The quantitative estimate of drug-likeness (QED) is 0.903. The van der Waals surface area contributed by atoms with E-state index in [0.29, 0.717) is 23.3 Å². The number of aromatic carboxylic acids is 1. The second-order valence-corrected chi connectivity index (χ2v) is 5.81. The van der Waals surface area contributed by atoms with E-state index < -0.39 is 5.97 Å². The molecule has 19 heavy (non-hydrogen) atoms. The van der Waals surface area contributed by atoms with Gasteiger partial charge in [0.2, 0.25) is 0 Å². The standard InChI is InChI=1S/C15H20N2O2/c1-9(10-6-7-10)17(2)14-12(15(18)19)8-11-4-3-5-13(11)16-14/h8-10H,3-7H2,1-2H3,(H,18,19). The van der Waals surface area contributed by atoms with Crippen molar-refractivity contribution in [1.82, 2.24) is 4.98 Å². The fourth-order valence-electron chi connectivity index (χ4n) is 2.98. The van der Waals surface area contributed by atoms with E-state index >= 15 is 0 Å². The molecule has 2 aliphatic rings. The first kappa shape index (κ1) is 12.5. The molecule has 0 aliphatic heterocycles. The van der Waals surface area contributed by atoms with Crippen molar-refractivity contribution in [2.24, 2.45) is 5.92 Å². The van der Waals surface area contributed by atoms with Crippen LogP contribution in [0.5, 0.6) is 0 Å². The number of aromatic nitrogens is 1. The number of rotatable bonds is 4. The number of carboxylic acid groups (broad SMARTS) is 1. The summed E-state index contributed by atoms with van der Waals surface area (Å²) < 4.78 is 0. The highest BCUT2D eigenvalue weighted by Gasteiger charge is 2.33. The summed E-state index contributed by atoms with van der Waals surface area (Å²) in [6.45, 7) is 2.16. The lowest BCUT2D eigenvalue weighted by Crippen LogP contribution is -2.33. The largest absolute Gasteiger partial charge is 0.478 e. The first-order valence-corrected chi connectivity index (χ1v) is 7.07. The van der Waals surface area contributed by atoms with E-state index in [1.807, 2.05) is 13.1 Å². The number of aryl methyl sites for hydroxylation is 2. The average Bonchev–Trinajstić information content (AvgIpc) is 3.14. The van der Waals surface area contributed by atoms with Crippen LogP contribution in [0.1, 0.15) is 47.8 Å². The zero-order chi connectivity index (χ0) is 13.6. The molecule has 1 heterocycles. The molecular formula is C15H20N2O2. The Balaban J connectivity index is 2.00. The van der Waals surface area contributed by atoms with Crippen molar-refractivity contribution in [1.29, 1.82) is 0 Å². The van der Waals surface area contributed by atoms with Gasteiger partial charge in [-0.1, -0.05) is 0 Å². The summed E-state index contributed by atoms with van der Waals surface area (Å²) >= 11 is 0. The Morgan fingerprint density at radius 1 is 1.47 bits per heavy atom. The monoisotopic (exact) mass is 260 g/mol. The van der Waals surface area contributed by atoms with Crippen molar-refractivity contribution in [2.75, 3.05) is 11.9 Å². The summed E-state index contributed by atoms with van der Waals surface area (Å²) in [7, 11) is 1.97. The normalized spacial score (nSPS) is 19.1. The van der Waals surface area contributed by atoms with E-state index in [4.69, 9.17) is 0 Å². The molecule has 2 aliphatic carbocycles. The highest BCUT2D eigenvalue weighted by molar-refractivity contribution is 5.93. The van der Waals surface area contributed by atoms with E-state index in [0.717, 1.165) is 30.5 Å². The molecule has 0 saturated heterocycles. The van der Waals surface area contributed by atoms with Gasteiger partial charge in [0.25, 0.3) is 0 Å². The van der Waals surface area contributed by atoms with Crippen molar-refractivity contribution in [2.45, 2.75) is 45.1 Å². The molecule has 0 aromatic carbocycles. The highest BCUT2D eigenvalue weighted by atomic mass is 16.4. The van der Waals surface area contributed by atoms with Crippen molar-refractivity contribution in [3.05, 3.63) is 22.9 Å². The first-order chi connectivity index (χ1) is 9.08. The van der Waals surface area contributed by atoms with Gasteiger partial charge >= 0.3 is 5.97 Å². The predicted octanol–water partition coefficient (Wildman–Crippen LogP) is 2.50. The molecule has 4 nitrogen and oxygen atoms in total. The molecule has 4 heteroatoms. The van der Waals surface area contributed by atoms with Crippen LogP contribution in [-0.4, -0.2) is 29.1 Å². The van der Waals surface area contributed by atoms with E-state index in [9.17, 15) is 9.90 Å². The smallest absolute Gasteiger partial charge is 0.339 e. The van der Waals surface area contributed by atoms with Crippen LogP contribution in [0.3, 0.4) is 0 Å². The summed E-state index contributed by atoms with van der Waals surface area (Å²) in [6, 6.07) is 2.20. The first-order valence-electron chi connectivity index (χ1n) is 7.07. The summed E-state index contributed by atoms with van der Waals surface area (Å²) in [5.74, 6) is 0.473. The van der Waals surface area contributed by atoms with Gasteiger partial charge in [0.05, 0.1) is 0 Å². The van der Waals surface area contributed by atoms with Crippen molar-refractivity contribution in [3.63, 3.8) is 0 Å². The summed E-state index contributed by atoms with van der Waals surface area (Å²) in [4.78, 5) is 18.2. The van der Waals surface area contributed by atoms with Crippen molar-refractivity contribution in [3.8, 4) is 0 Å². The zero-order valence-corrected chi connectivity index (χ0v) is 11.5. The van der Waals surface area contributed by atoms with Gasteiger partial charge in [-0.05, 0) is 56.6 Å². The SMILES string of the molecule is CC(C1CC1)N(C)c1nc2c(cc1C(=O)O)CCC2. The molecule has 1 aromatic heterocycles. The minimum atomic E-state index is -0.868. The maximum Gasteiger partial charge on any atom is 0.339 e. The van der Waals surface area contributed by atoms with Crippen molar-refractivity contribution >= 4 is 11.8 Å². The van der Waals surface area contributed by atoms with Gasteiger partial charge in [0, 0.05) is 18.8 Å². The Labute approximate surface area is 113 Å². The van der Waals surface area contributed by atoms with Crippen LogP contribution in [0.15, 0.2) is 6.07 Å². The minimum absolute atomic E-state index is 0.357. The molecule has 0 amide bonds. The van der Waals surface area contributed by atoms with Crippen LogP contribution < -0.4 is 4.90 Å². The van der Waals surface area contributed by atoms with E-state index in [1.165, 1.54) is 12.8 Å². The number of hydrogen-bond donors (Lipinski definition) is 1. The molecule has 0 spiro atoms. The molecule has 1 fully saturated rings. The third-order valence-electron chi connectivity index (χ3n) is 4.51. The Hall–Kier alpha value is -1.58. The van der Waals surface area contributed by atoms with E-state index in [-0.39, 0.29) is 0 Å². The number of carbonyl (C=O) groups is 1. The lowest BCUT2D eigenvalue weighted by Gasteiger charge is -2.27. The van der Waals surface area contributed by atoms with Gasteiger partial charge in [-0.3, -0.25) is 0 Å². The molecule has 1 unspecified atom stereocenters. The fourth-order valence-corrected chi connectivity index (χ4v) is 2.98. The van der Waals surface area contributed by atoms with E-state index in [1.54, 1.807) is 0 Å². The van der Waals surface area contributed by atoms with Crippen LogP contribution in [0, 0.1) is 5.92 Å². The number of carboxylic acids is 1. The van der Waals surface area contributed by atoms with Gasteiger partial charge < -0.3 is 10.0 Å². The van der Waals surface area contributed by atoms with E-state index in [2.05, 4.69) is 16.8 Å². The van der Waals surface area contributed by atoms with Gasteiger partial charge in [-0.2, -0.15) is 0 Å². The van der Waals surface area contributed by atoms with Crippen LogP contribution >= 0.6 is 0 Å². The van der Waals surface area contributed by atoms with Crippen LogP contribution in [0.25, 0.3) is 0 Å².